The molecule has 2 aromatic carbocycles. The molecule has 0 spiro atoms. The molecule has 2 aromatic rings. The molecule has 0 aliphatic carbocycles. The van der Waals surface area contributed by atoms with Gasteiger partial charge in [-0.15, -0.1) is 0 Å². The Kier molecular flexibility index (Phi) is 5.39. The summed E-state index contributed by atoms with van der Waals surface area (Å²) in [6, 6.07) is 18.3. The number of benzene rings is 2. The highest BCUT2D eigenvalue weighted by atomic mass is 16.2. The number of nitrogens with one attached hydrogen (secondary N) is 2. The van der Waals surface area contributed by atoms with E-state index in [-0.39, 0.29) is 11.7 Å². The molecule has 1 aliphatic heterocycles. The third-order valence-electron chi connectivity index (χ3n) is 4.54. The summed E-state index contributed by atoms with van der Waals surface area (Å²) in [5.41, 5.74) is 1.23. The van der Waals surface area contributed by atoms with Gasteiger partial charge in [-0.1, -0.05) is 48.5 Å². The van der Waals surface area contributed by atoms with Crippen molar-refractivity contribution in [2.75, 3.05) is 13.1 Å². The Hall–Kier alpha value is -2.46. The molecule has 1 aliphatic rings. The number of ketones is 1. The van der Waals surface area contributed by atoms with Gasteiger partial charge in [0, 0.05) is 11.1 Å². The maximum atomic E-state index is 13.0. The number of Topliss-reactive ketones (excluding diaryl/α,β-unsaturated/α-hetero) is 1. The third-order valence-corrected chi connectivity index (χ3v) is 4.54. The lowest BCUT2D eigenvalue weighted by molar-refractivity contribution is -0.922. The van der Waals surface area contributed by atoms with Crippen LogP contribution in [0.5, 0.6) is 0 Å². The van der Waals surface area contributed by atoms with Crippen molar-refractivity contribution in [1.82, 2.24) is 5.32 Å². The lowest BCUT2D eigenvalue weighted by Crippen LogP contribution is -3.19. The first-order chi connectivity index (χ1) is 11.8. The van der Waals surface area contributed by atoms with Crippen molar-refractivity contribution in [3.05, 3.63) is 71.8 Å². The minimum Gasteiger partial charge on any atom is -0.309 e. The molecule has 0 radical (unpaired) electrons. The maximum Gasteiger partial charge on any atom is 0.256 e. The second-order valence-corrected chi connectivity index (χ2v) is 6.22. The summed E-state index contributed by atoms with van der Waals surface area (Å²) in [7, 11) is 0. The van der Waals surface area contributed by atoms with Crippen molar-refractivity contribution in [2.45, 2.75) is 25.4 Å². The van der Waals surface area contributed by atoms with E-state index in [0.29, 0.717) is 11.1 Å². The van der Waals surface area contributed by atoms with Crippen molar-refractivity contribution < 1.29 is 14.5 Å². The smallest absolute Gasteiger partial charge is 0.256 e. The van der Waals surface area contributed by atoms with Crippen molar-refractivity contribution in [1.29, 1.82) is 0 Å². The number of quaternary nitrogens is 1. The zero-order valence-electron chi connectivity index (χ0n) is 13.7. The summed E-state index contributed by atoms with van der Waals surface area (Å²) in [5.74, 6) is -0.209. The van der Waals surface area contributed by atoms with E-state index in [4.69, 9.17) is 0 Å². The number of hydrogen-bond acceptors (Lipinski definition) is 2. The van der Waals surface area contributed by atoms with Gasteiger partial charge in [0.05, 0.1) is 13.1 Å². The van der Waals surface area contributed by atoms with Crippen molar-refractivity contribution in [3.63, 3.8) is 0 Å². The minimum absolute atomic E-state index is 0.0169. The van der Waals surface area contributed by atoms with E-state index in [0.717, 1.165) is 30.8 Å². The SMILES string of the molecule is O=C(NC(C(=O)c1ccccc1)[NH+]1CCCCC1)c1ccccc1. The fourth-order valence-corrected chi connectivity index (χ4v) is 3.22. The van der Waals surface area contributed by atoms with Crippen LogP contribution < -0.4 is 10.2 Å². The molecule has 0 bridgehead atoms. The summed E-state index contributed by atoms with van der Waals surface area (Å²) in [4.78, 5) is 26.7. The average Bonchev–Trinajstić information content (AvgIpc) is 2.67. The van der Waals surface area contributed by atoms with E-state index in [9.17, 15) is 9.59 Å². The predicted molar refractivity (Wildman–Crippen MR) is 93.0 cm³/mol. The van der Waals surface area contributed by atoms with Gasteiger partial charge in [0.1, 0.15) is 0 Å². The first-order valence-electron chi connectivity index (χ1n) is 8.55. The highest BCUT2D eigenvalue weighted by molar-refractivity contribution is 6.03. The highest BCUT2D eigenvalue weighted by Crippen LogP contribution is 2.05. The second kappa shape index (κ2) is 7.88. The highest BCUT2D eigenvalue weighted by Gasteiger charge is 2.33. The fourth-order valence-electron chi connectivity index (χ4n) is 3.22. The zero-order chi connectivity index (χ0) is 16.8. The molecular weight excluding hydrogens is 300 g/mol. The second-order valence-electron chi connectivity index (χ2n) is 6.22. The predicted octanol–water partition coefficient (Wildman–Crippen LogP) is 1.69. The molecule has 24 heavy (non-hydrogen) atoms. The molecule has 0 aromatic heterocycles. The van der Waals surface area contributed by atoms with Gasteiger partial charge >= 0.3 is 0 Å². The summed E-state index contributed by atoms with van der Waals surface area (Å²) in [6.45, 7) is 1.83. The molecule has 2 N–H and O–H groups in total. The first kappa shape index (κ1) is 16.4. The quantitative estimate of drug-likeness (QED) is 0.823. The van der Waals surface area contributed by atoms with Gasteiger partial charge in [0.25, 0.3) is 5.91 Å². The lowest BCUT2D eigenvalue weighted by Gasteiger charge is -2.31. The van der Waals surface area contributed by atoms with Gasteiger partial charge in [0.15, 0.2) is 0 Å². The number of rotatable bonds is 5. The van der Waals surface area contributed by atoms with Crippen molar-refractivity contribution in [3.8, 4) is 0 Å². The summed E-state index contributed by atoms with van der Waals surface area (Å²) in [5, 5.41) is 2.98. The molecule has 1 heterocycles. The lowest BCUT2D eigenvalue weighted by atomic mass is 10.0. The van der Waals surface area contributed by atoms with Crippen LogP contribution in [0.2, 0.25) is 0 Å². The molecule has 1 unspecified atom stereocenters. The Bertz CT molecular complexity index is 679. The molecule has 1 saturated heterocycles. The van der Waals surface area contributed by atoms with Gasteiger partial charge < -0.3 is 4.90 Å². The minimum atomic E-state index is -0.527. The van der Waals surface area contributed by atoms with Crippen LogP contribution in [0.1, 0.15) is 40.0 Å². The largest absolute Gasteiger partial charge is 0.309 e. The van der Waals surface area contributed by atoms with E-state index in [2.05, 4.69) is 5.32 Å². The van der Waals surface area contributed by atoms with Gasteiger partial charge in [-0.05, 0) is 31.4 Å². The number of amides is 1. The van der Waals surface area contributed by atoms with Gasteiger partial charge in [0.2, 0.25) is 11.9 Å². The molecule has 4 nitrogen and oxygen atoms in total. The average molecular weight is 323 g/mol. The van der Waals surface area contributed by atoms with Crippen LogP contribution in [-0.4, -0.2) is 30.9 Å². The Morgan fingerprint density at radius 2 is 1.33 bits per heavy atom. The van der Waals surface area contributed by atoms with Crippen molar-refractivity contribution in [2.24, 2.45) is 0 Å². The third kappa shape index (κ3) is 3.89. The summed E-state index contributed by atoms with van der Waals surface area (Å²) in [6.07, 6.45) is 2.85. The van der Waals surface area contributed by atoms with Crippen molar-refractivity contribution >= 4 is 11.7 Å². The van der Waals surface area contributed by atoms with Crippen LogP contribution in [0.25, 0.3) is 0 Å². The molecule has 3 rings (SSSR count). The van der Waals surface area contributed by atoms with E-state index < -0.39 is 6.17 Å². The number of hydrogen-bond donors (Lipinski definition) is 2. The van der Waals surface area contributed by atoms with Crippen LogP contribution in [0.15, 0.2) is 60.7 Å². The molecule has 1 amide bonds. The molecule has 4 heteroatoms. The number of likely N-dealkylation sites (tertiary alicyclic amines) is 1. The standard InChI is InChI=1S/C20H22N2O2/c23-18(16-10-4-1-5-11-16)19(22-14-8-3-9-15-22)21-20(24)17-12-6-2-7-13-17/h1-2,4-7,10-13,19H,3,8-9,14-15H2,(H,21,24)/p+1. The first-order valence-corrected chi connectivity index (χ1v) is 8.55. The Morgan fingerprint density at radius 3 is 1.92 bits per heavy atom. The van der Waals surface area contributed by atoms with E-state index in [1.165, 1.54) is 6.42 Å². The Balaban J connectivity index is 1.82. The van der Waals surface area contributed by atoms with Gasteiger partial charge in [-0.2, -0.15) is 0 Å². The van der Waals surface area contributed by atoms with Crippen LogP contribution >= 0.6 is 0 Å². The van der Waals surface area contributed by atoms with Crippen LogP contribution in [0, 0.1) is 0 Å². The molecular formula is C20H23N2O2+. The van der Waals surface area contributed by atoms with E-state index in [1.54, 1.807) is 12.1 Å². The topological polar surface area (TPSA) is 50.6 Å². The van der Waals surface area contributed by atoms with Gasteiger partial charge in [-0.25, -0.2) is 0 Å². The molecule has 0 saturated carbocycles. The Labute approximate surface area is 142 Å². The van der Waals surface area contributed by atoms with E-state index in [1.807, 2.05) is 48.5 Å². The van der Waals surface area contributed by atoms with Gasteiger partial charge in [-0.3, -0.25) is 14.9 Å². The van der Waals surface area contributed by atoms with Crippen LogP contribution in [-0.2, 0) is 0 Å². The normalized spacial score (nSPS) is 16.3. The maximum absolute atomic E-state index is 13.0. The summed E-state index contributed by atoms with van der Waals surface area (Å²) < 4.78 is 0. The number of piperidine rings is 1. The molecule has 1 fully saturated rings. The summed E-state index contributed by atoms with van der Waals surface area (Å²) >= 11 is 0. The monoisotopic (exact) mass is 323 g/mol. The Morgan fingerprint density at radius 1 is 0.792 bits per heavy atom. The van der Waals surface area contributed by atoms with E-state index >= 15 is 0 Å². The van der Waals surface area contributed by atoms with Crippen LogP contribution in [0.4, 0.5) is 0 Å². The molecule has 124 valence electrons. The number of carbonyl (C=O) groups is 2. The zero-order valence-corrected chi connectivity index (χ0v) is 13.7. The molecule has 1 atom stereocenters. The number of carbonyl (C=O) groups excluding carboxylic acids is 2. The van der Waals surface area contributed by atoms with Crippen LogP contribution in [0.3, 0.4) is 0 Å². The fraction of sp³-hybridized carbons (Fsp3) is 0.300.